The number of allylic oxidation sites excluding steroid dienone is 1. The molecule has 0 unspecified atom stereocenters. The average molecular weight is 494 g/mol. The average Bonchev–Trinajstić information content (AvgIpc) is 3.07. The van der Waals surface area contributed by atoms with Gasteiger partial charge in [0.25, 0.3) is 10.0 Å². The quantitative estimate of drug-likeness (QED) is 0.341. The van der Waals surface area contributed by atoms with Gasteiger partial charge < -0.3 is 8.92 Å². The van der Waals surface area contributed by atoms with Gasteiger partial charge in [-0.1, -0.05) is 17.7 Å². The minimum Gasteiger partial charge on any atom is -0.461 e. The highest BCUT2D eigenvalue weighted by atomic mass is 32.2. The largest absolute Gasteiger partial charge is 0.534 e. The fourth-order valence-corrected chi connectivity index (χ4v) is 4.77. The van der Waals surface area contributed by atoms with Gasteiger partial charge in [0.1, 0.15) is 5.76 Å². The van der Waals surface area contributed by atoms with Gasteiger partial charge in [0.15, 0.2) is 5.69 Å². The molecule has 0 amide bonds. The molecule has 14 heteroatoms. The second kappa shape index (κ2) is 8.24. The molecular formula is C18H17F3N2O7S2. The maximum absolute atomic E-state index is 13.1. The monoisotopic (exact) mass is 494 g/mol. The van der Waals surface area contributed by atoms with E-state index in [1.807, 2.05) is 0 Å². The molecule has 1 aliphatic rings. The van der Waals surface area contributed by atoms with E-state index in [1.54, 1.807) is 19.1 Å². The first-order valence-electron chi connectivity index (χ1n) is 9.10. The van der Waals surface area contributed by atoms with E-state index in [-0.39, 0.29) is 35.6 Å². The normalized spacial score (nSPS) is 14.5. The number of alkyl halides is 3. The highest BCUT2D eigenvalue weighted by molar-refractivity contribution is 7.90. The van der Waals surface area contributed by atoms with Gasteiger partial charge in [-0.15, -0.1) is 5.10 Å². The summed E-state index contributed by atoms with van der Waals surface area (Å²) in [4.78, 5) is 12.2. The Morgan fingerprint density at radius 2 is 1.75 bits per heavy atom. The third-order valence-electron chi connectivity index (χ3n) is 4.42. The predicted molar refractivity (Wildman–Crippen MR) is 104 cm³/mol. The molecule has 9 nitrogen and oxygen atoms in total. The number of fused-ring (bicyclic) bond motifs is 1. The van der Waals surface area contributed by atoms with Crippen LogP contribution < -0.4 is 0 Å². The number of halogens is 3. The van der Waals surface area contributed by atoms with E-state index in [0.717, 1.165) is 11.6 Å². The van der Waals surface area contributed by atoms with Gasteiger partial charge in [-0.25, -0.2) is 4.79 Å². The summed E-state index contributed by atoms with van der Waals surface area (Å²) < 4.78 is 96.5. The highest BCUT2D eigenvalue weighted by Gasteiger charge is 2.49. The summed E-state index contributed by atoms with van der Waals surface area (Å²) in [7, 11) is -10.2. The third-order valence-corrected chi connectivity index (χ3v) is 7.04. The summed E-state index contributed by atoms with van der Waals surface area (Å²) in [6.07, 6.45) is 0.217. The number of nitrogens with zero attached hydrogens (tertiary/aromatic N) is 2. The van der Waals surface area contributed by atoms with Gasteiger partial charge in [0.2, 0.25) is 0 Å². The Morgan fingerprint density at radius 3 is 2.31 bits per heavy atom. The van der Waals surface area contributed by atoms with Crippen molar-refractivity contribution in [3.8, 4) is 0 Å². The molecule has 3 rings (SSSR count). The van der Waals surface area contributed by atoms with Crippen molar-refractivity contribution in [1.29, 1.82) is 0 Å². The molecule has 0 atom stereocenters. The number of benzene rings is 1. The van der Waals surface area contributed by atoms with Crippen LogP contribution in [0.1, 0.15) is 40.7 Å². The van der Waals surface area contributed by atoms with Gasteiger partial charge in [-0.3, -0.25) is 0 Å². The van der Waals surface area contributed by atoms with Gasteiger partial charge in [0, 0.05) is 12.0 Å². The number of esters is 1. The Morgan fingerprint density at radius 1 is 1.12 bits per heavy atom. The molecule has 32 heavy (non-hydrogen) atoms. The molecule has 0 fully saturated rings. The second-order valence-corrected chi connectivity index (χ2v) is 9.99. The topological polar surface area (TPSA) is 122 Å². The minimum atomic E-state index is -5.94. The molecule has 0 bridgehead atoms. The van der Waals surface area contributed by atoms with Gasteiger partial charge >= 0.3 is 21.6 Å². The number of carbonyl (C=O) groups excluding carboxylic acids is 1. The first-order chi connectivity index (χ1) is 14.8. The smallest absolute Gasteiger partial charge is 0.461 e. The molecule has 1 aromatic heterocycles. The van der Waals surface area contributed by atoms with Gasteiger partial charge in [-0.2, -0.15) is 34.1 Å². The molecule has 1 heterocycles. The first-order valence-corrected chi connectivity index (χ1v) is 12.0. The van der Waals surface area contributed by atoms with E-state index in [9.17, 15) is 34.8 Å². The van der Waals surface area contributed by atoms with E-state index in [2.05, 4.69) is 9.28 Å². The summed E-state index contributed by atoms with van der Waals surface area (Å²) in [5.41, 5.74) is -5.57. The zero-order valence-corrected chi connectivity index (χ0v) is 18.3. The molecule has 1 aromatic carbocycles. The van der Waals surface area contributed by atoms with Crippen molar-refractivity contribution < 1.29 is 43.7 Å². The van der Waals surface area contributed by atoms with Crippen LogP contribution in [0.3, 0.4) is 0 Å². The van der Waals surface area contributed by atoms with E-state index in [4.69, 9.17) is 4.74 Å². The lowest BCUT2D eigenvalue weighted by molar-refractivity contribution is -0.0523. The zero-order valence-electron chi connectivity index (χ0n) is 16.7. The van der Waals surface area contributed by atoms with Crippen LogP contribution in [0, 0.1) is 6.92 Å². The van der Waals surface area contributed by atoms with Crippen LogP contribution >= 0.6 is 0 Å². The Kier molecular flexibility index (Phi) is 6.12. The number of ether oxygens (including phenoxy) is 1. The number of aromatic nitrogens is 2. The zero-order chi connectivity index (χ0) is 23.9. The van der Waals surface area contributed by atoms with Crippen LogP contribution in [0.25, 0.3) is 6.08 Å². The molecule has 0 radical (unpaired) electrons. The number of hydrogen-bond acceptors (Lipinski definition) is 8. The maximum Gasteiger partial charge on any atom is 0.534 e. The third kappa shape index (κ3) is 4.37. The number of aryl methyl sites for hydroxylation is 1. The van der Waals surface area contributed by atoms with Crippen LogP contribution in [-0.4, -0.2) is 44.1 Å². The summed E-state index contributed by atoms with van der Waals surface area (Å²) in [6.45, 7) is 3.16. The molecule has 1 aliphatic carbocycles. The van der Waals surface area contributed by atoms with Crippen molar-refractivity contribution in [1.82, 2.24) is 9.19 Å². The summed E-state index contributed by atoms with van der Waals surface area (Å²) in [5, 5.41) is 3.84. The molecule has 0 spiro atoms. The molecule has 174 valence electrons. The molecular weight excluding hydrogens is 477 g/mol. The van der Waals surface area contributed by atoms with Crippen molar-refractivity contribution in [2.75, 3.05) is 6.61 Å². The number of hydrogen-bond donors (Lipinski definition) is 0. The molecule has 0 N–H and O–H groups in total. The van der Waals surface area contributed by atoms with Gasteiger partial charge in [-0.05, 0) is 38.5 Å². The highest BCUT2D eigenvalue weighted by Crippen LogP contribution is 2.34. The molecule has 2 aromatic rings. The van der Waals surface area contributed by atoms with Crippen molar-refractivity contribution in [2.45, 2.75) is 37.1 Å². The lowest BCUT2D eigenvalue weighted by Crippen LogP contribution is -2.26. The Bertz CT molecular complexity index is 1290. The van der Waals surface area contributed by atoms with Crippen LogP contribution in [0.15, 0.2) is 34.9 Å². The second-order valence-electron chi connectivity index (χ2n) is 6.68. The molecule has 0 aliphatic heterocycles. The molecule has 0 saturated carbocycles. The van der Waals surface area contributed by atoms with Crippen LogP contribution in [0.5, 0.6) is 0 Å². The van der Waals surface area contributed by atoms with Crippen LogP contribution in [-0.2, 0) is 35.5 Å². The first kappa shape index (κ1) is 23.8. The summed E-state index contributed by atoms with van der Waals surface area (Å²) >= 11 is 0. The maximum atomic E-state index is 13.1. The molecule has 0 saturated heterocycles. The van der Waals surface area contributed by atoms with E-state index < -0.39 is 43.1 Å². The van der Waals surface area contributed by atoms with Gasteiger partial charge in [0.05, 0.1) is 17.2 Å². The summed E-state index contributed by atoms with van der Waals surface area (Å²) in [6, 6.07) is 5.80. The van der Waals surface area contributed by atoms with E-state index >= 15 is 0 Å². The van der Waals surface area contributed by atoms with Crippen LogP contribution in [0.2, 0.25) is 0 Å². The standard InChI is InChI=1S/C18H17F3N2O7S2/c1-3-29-17(24)16-14-10-12(30-32(27,28)18(19,20)21)6-9-15(14)23(22-16)31(25,26)13-7-4-11(2)5-8-13/h4-5,7-8,10H,3,6,9H2,1-2H3. The van der Waals surface area contributed by atoms with E-state index in [1.165, 1.54) is 19.1 Å². The number of carbonyl (C=O) groups is 1. The fraction of sp³-hybridized carbons (Fsp3) is 0.333. The number of rotatable bonds is 6. The SMILES string of the molecule is CCOC(=O)c1nn(S(=O)(=O)c2ccc(C)cc2)c2c1C=C(OS(=O)(=O)C(F)(F)F)CC2. The lowest BCUT2D eigenvalue weighted by Gasteiger charge is -2.17. The Labute approximate surface area is 181 Å². The Hall–Kier alpha value is -2.87. The Balaban J connectivity index is 2.14. The summed E-state index contributed by atoms with van der Waals surface area (Å²) in [5.74, 6) is -1.65. The lowest BCUT2D eigenvalue weighted by atomic mass is 10.0. The van der Waals surface area contributed by atoms with Crippen LogP contribution in [0.4, 0.5) is 13.2 Å². The minimum absolute atomic E-state index is 0.0228. The van der Waals surface area contributed by atoms with Crippen molar-refractivity contribution in [2.24, 2.45) is 0 Å². The van der Waals surface area contributed by atoms with Crippen molar-refractivity contribution in [3.05, 3.63) is 52.5 Å². The van der Waals surface area contributed by atoms with Crippen molar-refractivity contribution >= 4 is 32.2 Å². The van der Waals surface area contributed by atoms with Crippen molar-refractivity contribution in [3.63, 3.8) is 0 Å². The predicted octanol–water partition coefficient (Wildman–Crippen LogP) is 2.76. The fourth-order valence-electron chi connectivity index (χ4n) is 2.91. The van der Waals surface area contributed by atoms with E-state index in [0.29, 0.717) is 4.09 Å².